The number of nitrogens with zero attached hydrogens (tertiary/aromatic N) is 2. The number of hydrogen-bond donors (Lipinski definition) is 1. The molecule has 1 aromatic rings. The normalized spacial score (nSPS) is 28.1. The number of benzene rings is 1. The highest BCUT2D eigenvalue weighted by atomic mass is 32.2. The molecule has 37 heavy (non-hydrogen) atoms. The highest BCUT2D eigenvalue weighted by Crippen LogP contribution is 2.43. The van der Waals surface area contributed by atoms with Crippen molar-refractivity contribution in [3.8, 4) is 0 Å². The van der Waals surface area contributed by atoms with Gasteiger partial charge in [-0.05, 0) is 71.4 Å². The van der Waals surface area contributed by atoms with Gasteiger partial charge in [0.25, 0.3) is 0 Å². The predicted molar refractivity (Wildman–Crippen MR) is 141 cm³/mol. The second kappa shape index (κ2) is 8.72. The fourth-order valence-corrected chi connectivity index (χ4v) is 6.54. The van der Waals surface area contributed by atoms with Crippen LogP contribution >= 0.6 is 0 Å². The summed E-state index contributed by atoms with van der Waals surface area (Å²) in [6.07, 6.45) is 6.92. The van der Waals surface area contributed by atoms with Gasteiger partial charge in [-0.1, -0.05) is 18.2 Å². The number of nitrogens with two attached hydrogens (primary N) is 1. The Bertz CT molecular complexity index is 1370. The lowest BCUT2D eigenvalue weighted by Gasteiger charge is -2.38. The lowest BCUT2D eigenvalue weighted by molar-refractivity contribution is 0.0278. The molecule has 1 aliphatic carbocycles. The standard InChI is InChI=1S/C27H34FN3O5S/c1-25(2,3)36-24(32)31-20(14-17-9-8-10-21(35-7)22(17)31)16-11-12-19(28)18(13-16)27(6)15-37(33,34)26(4,5)23(29)30-27/h8-14,17,22H,15H2,1-7H3,(H2,29,30)/t17?,22?,27-/m0/s1. The fourth-order valence-electron chi connectivity index (χ4n) is 4.86. The average Bonchev–Trinajstić information content (AvgIpc) is 3.16. The maximum Gasteiger partial charge on any atom is 0.415 e. The molecule has 0 fully saturated rings. The van der Waals surface area contributed by atoms with Gasteiger partial charge in [0.2, 0.25) is 0 Å². The molecular weight excluding hydrogens is 497 g/mol. The first-order valence-electron chi connectivity index (χ1n) is 12.1. The second-order valence-electron chi connectivity index (χ2n) is 11.3. The molecule has 2 heterocycles. The fraction of sp³-hybridized carbons (Fsp3) is 0.481. The summed E-state index contributed by atoms with van der Waals surface area (Å²) >= 11 is 0. The second-order valence-corrected chi connectivity index (χ2v) is 13.9. The van der Waals surface area contributed by atoms with Crippen molar-refractivity contribution < 1.29 is 27.1 Å². The Morgan fingerprint density at radius 2 is 1.92 bits per heavy atom. The monoisotopic (exact) mass is 531 g/mol. The summed E-state index contributed by atoms with van der Waals surface area (Å²) in [4.78, 5) is 19.4. The van der Waals surface area contributed by atoms with Crippen molar-refractivity contribution in [1.29, 1.82) is 0 Å². The van der Waals surface area contributed by atoms with Crippen molar-refractivity contribution in [1.82, 2.24) is 4.90 Å². The zero-order chi connectivity index (χ0) is 27.6. The summed E-state index contributed by atoms with van der Waals surface area (Å²) in [6, 6.07) is 3.87. The van der Waals surface area contributed by atoms with Gasteiger partial charge in [-0.2, -0.15) is 0 Å². The summed E-state index contributed by atoms with van der Waals surface area (Å²) in [5.41, 5.74) is 4.97. The summed E-state index contributed by atoms with van der Waals surface area (Å²) in [7, 11) is -2.20. The van der Waals surface area contributed by atoms with E-state index in [0.717, 1.165) is 0 Å². The molecular formula is C27H34FN3O5S. The number of sulfone groups is 1. The molecule has 2 aliphatic heterocycles. The van der Waals surface area contributed by atoms with Crippen LogP contribution in [0.1, 0.15) is 52.7 Å². The SMILES string of the molecule is COC1=CC=CC2C=C(c3ccc(F)c([C@]4(C)CS(=O)(=O)C(C)(C)C(N)=N4)c3)N(C(=O)OC(C)(C)C)C12. The minimum absolute atomic E-state index is 0.0741. The van der Waals surface area contributed by atoms with Gasteiger partial charge in [0.05, 0.1) is 18.6 Å². The van der Waals surface area contributed by atoms with Crippen molar-refractivity contribution in [2.75, 3.05) is 12.9 Å². The van der Waals surface area contributed by atoms with Crippen LogP contribution in [0.4, 0.5) is 9.18 Å². The van der Waals surface area contributed by atoms with Crippen LogP contribution in [0.25, 0.3) is 5.70 Å². The van der Waals surface area contributed by atoms with E-state index in [-0.39, 0.29) is 17.3 Å². The highest BCUT2D eigenvalue weighted by molar-refractivity contribution is 7.93. The van der Waals surface area contributed by atoms with Crippen LogP contribution < -0.4 is 5.73 Å². The summed E-state index contributed by atoms with van der Waals surface area (Å²) in [5, 5.41) is 0. The molecule has 200 valence electrons. The first-order valence-corrected chi connectivity index (χ1v) is 13.7. The number of ether oxygens (including phenoxy) is 2. The zero-order valence-electron chi connectivity index (χ0n) is 22.2. The van der Waals surface area contributed by atoms with Gasteiger partial charge in [-0.3, -0.25) is 9.89 Å². The van der Waals surface area contributed by atoms with E-state index in [1.165, 1.54) is 31.9 Å². The topological polar surface area (TPSA) is 111 Å². The number of fused-ring (bicyclic) bond motifs is 1. The number of allylic oxidation sites excluding steroid dienone is 2. The molecule has 0 spiro atoms. The number of hydrogen-bond acceptors (Lipinski definition) is 7. The number of methoxy groups -OCH3 is 1. The molecule has 3 aliphatic rings. The van der Waals surface area contributed by atoms with Crippen molar-refractivity contribution in [2.45, 2.75) is 63.5 Å². The summed E-state index contributed by atoms with van der Waals surface area (Å²) in [6.45, 7) is 9.87. The maximum atomic E-state index is 15.3. The van der Waals surface area contributed by atoms with Gasteiger partial charge in [-0.25, -0.2) is 17.6 Å². The number of aliphatic imine (C=N–C) groups is 1. The number of amides is 1. The molecule has 1 amide bonds. The van der Waals surface area contributed by atoms with Crippen LogP contribution in [0, 0.1) is 11.7 Å². The van der Waals surface area contributed by atoms with Crippen molar-refractivity contribution in [2.24, 2.45) is 16.6 Å². The first kappa shape index (κ1) is 26.9. The number of halogens is 1. The molecule has 2 unspecified atom stereocenters. The van der Waals surface area contributed by atoms with Crippen LogP contribution in [-0.4, -0.2) is 54.5 Å². The van der Waals surface area contributed by atoms with Gasteiger partial charge < -0.3 is 15.2 Å². The van der Waals surface area contributed by atoms with Gasteiger partial charge in [0.15, 0.2) is 9.84 Å². The lowest BCUT2D eigenvalue weighted by Crippen LogP contribution is -2.55. The molecule has 3 atom stereocenters. The van der Waals surface area contributed by atoms with E-state index in [1.807, 2.05) is 18.2 Å². The number of carbonyl (C=O) groups excluding carboxylic acids is 1. The Morgan fingerprint density at radius 3 is 2.51 bits per heavy atom. The average molecular weight is 532 g/mol. The Kier molecular flexibility index (Phi) is 6.34. The third-order valence-electron chi connectivity index (χ3n) is 7.04. The van der Waals surface area contributed by atoms with Gasteiger partial charge in [0.1, 0.15) is 39.3 Å². The molecule has 0 bridgehead atoms. The summed E-state index contributed by atoms with van der Waals surface area (Å²) in [5.74, 6) is -0.719. The molecule has 0 saturated carbocycles. The largest absolute Gasteiger partial charge is 0.499 e. The van der Waals surface area contributed by atoms with Gasteiger partial charge in [-0.15, -0.1) is 0 Å². The number of rotatable bonds is 3. The number of amidine groups is 1. The van der Waals surface area contributed by atoms with Crippen molar-refractivity contribution in [3.05, 3.63) is 65.2 Å². The van der Waals surface area contributed by atoms with E-state index in [0.29, 0.717) is 17.0 Å². The van der Waals surface area contributed by atoms with Crippen LogP contribution in [0.2, 0.25) is 0 Å². The van der Waals surface area contributed by atoms with E-state index >= 15 is 4.39 Å². The van der Waals surface area contributed by atoms with E-state index in [2.05, 4.69) is 4.99 Å². The van der Waals surface area contributed by atoms with E-state index < -0.39 is 49.4 Å². The van der Waals surface area contributed by atoms with Crippen LogP contribution in [-0.2, 0) is 24.8 Å². The molecule has 10 heteroatoms. The van der Waals surface area contributed by atoms with Gasteiger partial charge >= 0.3 is 6.09 Å². The zero-order valence-corrected chi connectivity index (χ0v) is 23.0. The van der Waals surface area contributed by atoms with Crippen LogP contribution in [0.3, 0.4) is 0 Å². The first-order chi connectivity index (χ1) is 17.0. The third kappa shape index (κ3) is 4.56. The van der Waals surface area contributed by atoms with Crippen LogP contribution in [0.5, 0.6) is 0 Å². The quantitative estimate of drug-likeness (QED) is 0.623. The Labute approximate surface area is 217 Å². The lowest BCUT2D eigenvalue weighted by atomic mass is 9.91. The minimum atomic E-state index is -3.74. The van der Waals surface area contributed by atoms with E-state index in [9.17, 15) is 13.2 Å². The predicted octanol–water partition coefficient (Wildman–Crippen LogP) is 4.28. The van der Waals surface area contributed by atoms with Crippen molar-refractivity contribution in [3.63, 3.8) is 0 Å². The van der Waals surface area contributed by atoms with Gasteiger partial charge in [0, 0.05) is 11.5 Å². The molecule has 0 aromatic heterocycles. The molecule has 0 radical (unpaired) electrons. The Balaban J connectivity index is 1.84. The highest BCUT2D eigenvalue weighted by Gasteiger charge is 2.50. The smallest absolute Gasteiger partial charge is 0.415 e. The van der Waals surface area contributed by atoms with Crippen LogP contribution in [0.15, 0.2) is 53.3 Å². The third-order valence-corrected chi connectivity index (χ3v) is 9.75. The van der Waals surface area contributed by atoms with E-state index in [4.69, 9.17) is 15.2 Å². The Hall–Kier alpha value is -3.14. The summed E-state index contributed by atoms with van der Waals surface area (Å²) < 4.78 is 51.4. The molecule has 0 saturated heterocycles. The maximum absolute atomic E-state index is 15.3. The molecule has 4 rings (SSSR count). The van der Waals surface area contributed by atoms with Crippen molar-refractivity contribution >= 4 is 27.5 Å². The van der Waals surface area contributed by atoms with E-state index in [1.54, 1.807) is 45.9 Å². The molecule has 1 aromatic carbocycles. The molecule has 2 N–H and O–H groups in total. The molecule has 8 nitrogen and oxygen atoms in total. The minimum Gasteiger partial charge on any atom is -0.499 e. The number of carbonyl (C=O) groups is 1. The Morgan fingerprint density at radius 1 is 1.24 bits per heavy atom.